The third-order valence-electron chi connectivity index (χ3n) is 4.99. The van der Waals surface area contributed by atoms with Crippen LogP contribution >= 0.6 is 0 Å². The van der Waals surface area contributed by atoms with Crippen LogP contribution in [0.3, 0.4) is 0 Å². The lowest BCUT2D eigenvalue weighted by atomic mass is 10.1. The molecule has 1 saturated heterocycles. The summed E-state index contributed by atoms with van der Waals surface area (Å²) in [5.41, 5.74) is 3.64. The molecule has 0 aromatic carbocycles. The molecule has 1 aromatic heterocycles. The summed E-state index contributed by atoms with van der Waals surface area (Å²) in [4.78, 5) is 33.1. The minimum absolute atomic E-state index is 0.183. The van der Waals surface area contributed by atoms with E-state index >= 15 is 0 Å². The van der Waals surface area contributed by atoms with E-state index in [1.165, 1.54) is 9.80 Å². The van der Waals surface area contributed by atoms with E-state index in [2.05, 4.69) is 23.2 Å². The quantitative estimate of drug-likeness (QED) is 0.596. The zero-order chi connectivity index (χ0) is 20.0. The van der Waals surface area contributed by atoms with Gasteiger partial charge in [0.1, 0.15) is 5.69 Å². The van der Waals surface area contributed by atoms with Gasteiger partial charge in [0.05, 0.1) is 18.8 Å². The number of aryl methyl sites for hydroxylation is 1. The van der Waals surface area contributed by atoms with Crippen LogP contribution in [0.15, 0.2) is 29.8 Å². The van der Waals surface area contributed by atoms with Crippen LogP contribution in [0.5, 0.6) is 0 Å². The Hall–Kier alpha value is -3.03. The smallest absolute Gasteiger partial charge is 0.270 e. The molecule has 2 aliphatic rings. The molecule has 8 nitrogen and oxygen atoms in total. The number of aliphatic imine (C=N–C) groups is 1. The second-order valence-electron chi connectivity index (χ2n) is 7.04. The van der Waals surface area contributed by atoms with Crippen molar-refractivity contribution in [3.8, 4) is 0 Å². The molecule has 2 aliphatic heterocycles. The number of nitrogens with zero attached hydrogens (tertiary/aromatic N) is 6. The number of amidine groups is 1. The highest BCUT2D eigenvalue weighted by atomic mass is 16.2. The summed E-state index contributed by atoms with van der Waals surface area (Å²) >= 11 is 0. The zero-order valence-corrected chi connectivity index (χ0v) is 16.5. The molecule has 27 heavy (non-hydrogen) atoms. The van der Waals surface area contributed by atoms with Crippen molar-refractivity contribution in [2.24, 2.45) is 4.99 Å². The largest absolute Gasteiger partial charge is 0.421 e. The first kappa shape index (κ1) is 18.8. The Labute approximate surface area is 158 Å². The maximum atomic E-state index is 13.2. The molecule has 142 valence electrons. The average molecular weight is 369 g/mol. The highest BCUT2D eigenvalue weighted by molar-refractivity contribution is 6.23. The molecule has 0 saturated carbocycles. The van der Waals surface area contributed by atoms with E-state index in [1.54, 1.807) is 24.7 Å². The molecule has 1 atom stereocenters. The Balaban J connectivity index is 2.17. The second kappa shape index (κ2) is 6.61. The number of hydrogen-bond acceptors (Lipinski definition) is 4. The van der Waals surface area contributed by atoms with Crippen LogP contribution in [0.2, 0.25) is 0 Å². The maximum absolute atomic E-state index is 13.2. The number of urea groups is 1. The van der Waals surface area contributed by atoms with Gasteiger partial charge in [-0.2, -0.15) is 0 Å². The third-order valence-corrected chi connectivity index (χ3v) is 4.99. The van der Waals surface area contributed by atoms with Crippen LogP contribution < -0.4 is 0 Å². The molecule has 8 heteroatoms. The van der Waals surface area contributed by atoms with Gasteiger partial charge in [0.15, 0.2) is 0 Å². The highest BCUT2D eigenvalue weighted by Crippen LogP contribution is 2.22. The van der Waals surface area contributed by atoms with Crippen molar-refractivity contribution in [2.45, 2.75) is 33.7 Å². The lowest BCUT2D eigenvalue weighted by Gasteiger charge is -2.34. The van der Waals surface area contributed by atoms with Gasteiger partial charge < -0.3 is 0 Å². The number of amides is 3. The Bertz CT molecular complexity index is 936. The number of carbonyl (C=O) groups is 2. The van der Waals surface area contributed by atoms with Crippen molar-refractivity contribution in [1.29, 1.82) is 0 Å². The third kappa shape index (κ3) is 2.81. The molecule has 3 rings (SSSR count). The van der Waals surface area contributed by atoms with Gasteiger partial charge in [-0.1, -0.05) is 29.8 Å². The van der Waals surface area contributed by atoms with E-state index in [1.807, 2.05) is 25.3 Å². The number of carbonyl (C=O) groups excluding carboxylic acids is 2. The number of rotatable bonds is 4. The molecule has 1 unspecified atom stereocenters. The van der Waals surface area contributed by atoms with Gasteiger partial charge in [-0.15, -0.1) is 9.78 Å². The minimum Gasteiger partial charge on any atom is -0.270 e. The lowest BCUT2D eigenvalue weighted by molar-refractivity contribution is -0.527. The lowest BCUT2D eigenvalue weighted by Crippen LogP contribution is -2.63. The minimum atomic E-state index is -0.690. The fourth-order valence-corrected chi connectivity index (χ4v) is 3.33. The van der Waals surface area contributed by atoms with E-state index in [9.17, 15) is 9.59 Å². The Morgan fingerprint density at radius 3 is 2.48 bits per heavy atom. The fourth-order valence-electron chi connectivity index (χ4n) is 3.33. The van der Waals surface area contributed by atoms with Crippen LogP contribution in [0.4, 0.5) is 4.79 Å². The summed E-state index contributed by atoms with van der Waals surface area (Å²) in [6.45, 7) is 15.9. The number of fused-ring (bicyclic) bond motifs is 1. The molecule has 3 amide bonds. The van der Waals surface area contributed by atoms with E-state index in [0.29, 0.717) is 18.3 Å². The normalized spacial score (nSPS) is 19.6. The molecule has 3 heterocycles. The first-order chi connectivity index (χ1) is 12.7. The molecule has 0 spiro atoms. The molecule has 0 aliphatic carbocycles. The van der Waals surface area contributed by atoms with Crippen molar-refractivity contribution < 1.29 is 14.2 Å². The number of aromatic nitrogens is 2. The van der Waals surface area contributed by atoms with Crippen LogP contribution in [0, 0.1) is 20.8 Å². The molecule has 1 aromatic rings. The van der Waals surface area contributed by atoms with Gasteiger partial charge in [-0.25, -0.2) is 9.37 Å². The van der Waals surface area contributed by atoms with Gasteiger partial charge in [-0.05, 0) is 27.7 Å². The van der Waals surface area contributed by atoms with E-state index in [-0.39, 0.29) is 12.5 Å². The summed E-state index contributed by atoms with van der Waals surface area (Å²) in [7, 11) is 1.63. The van der Waals surface area contributed by atoms with Crippen LogP contribution in [0.25, 0.3) is 0 Å². The summed E-state index contributed by atoms with van der Waals surface area (Å²) in [6, 6.07) is -1.09. The molecule has 0 radical (unpaired) electrons. The highest BCUT2D eigenvalue weighted by Gasteiger charge is 2.52. The number of likely N-dealkylation sites (N-methyl/N-ethyl adjacent to an activating group) is 1. The monoisotopic (exact) mass is 369 g/mol. The van der Waals surface area contributed by atoms with E-state index in [0.717, 1.165) is 22.5 Å². The molecule has 1 fully saturated rings. The van der Waals surface area contributed by atoms with Gasteiger partial charge in [-0.3, -0.25) is 14.6 Å². The summed E-state index contributed by atoms with van der Waals surface area (Å²) in [5.74, 6) is 0.619. The van der Waals surface area contributed by atoms with Crippen LogP contribution in [0.1, 0.15) is 23.9 Å². The Morgan fingerprint density at radius 2 is 1.96 bits per heavy atom. The first-order valence-corrected chi connectivity index (χ1v) is 8.78. The SMILES string of the molecule is C=CC[N+]1=C(n2nc(C)c(C)c2C)N=C2C1C(=O)N(CC(=C)C)C(=O)N2C. The average Bonchev–Trinajstić information content (AvgIpc) is 3.10. The van der Waals surface area contributed by atoms with Crippen molar-refractivity contribution in [3.63, 3.8) is 0 Å². The van der Waals surface area contributed by atoms with Crippen LogP contribution in [-0.4, -0.2) is 74.1 Å². The van der Waals surface area contributed by atoms with E-state index in [4.69, 9.17) is 0 Å². The summed E-state index contributed by atoms with van der Waals surface area (Å²) in [5, 5.41) is 4.57. The Kier molecular flexibility index (Phi) is 4.59. The second-order valence-corrected chi connectivity index (χ2v) is 7.04. The topological polar surface area (TPSA) is 73.8 Å². The first-order valence-electron chi connectivity index (χ1n) is 8.78. The number of hydrogen-bond donors (Lipinski definition) is 0. The Morgan fingerprint density at radius 1 is 1.30 bits per heavy atom. The van der Waals surface area contributed by atoms with Crippen molar-refractivity contribution in [2.75, 3.05) is 20.1 Å². The zero-order valence-electron chi connectivity index (χ0n) is 16.5. The van der Waals surface area contributed by atoms with Crippen molar-refractivity contribution in [3.05, 3.63) is 41.8 Å². The predicted molar refractivity (Wildman–Crippen MR) is 103 cm³/mol. The molecular formula is C19H25N6O2+. The van der Waals surface area contributed by atoms with Gasteiger partial charge in [0.2, 0.25) is 11.9 Å². The predicted octanol–water partition coefficient (Wildman–Crippen LogP) is 1.46. The standard InChI is InChI=1S/C19H25N6O2/c1-8-9-23-15-16(20-18(23)25-14(6)12(4)13(5)21-25)22(7)19(27)24(17(15)26)10-11(2)3/h8,15H,1-2,9-10H2,3-7H3/q+1. The van der Waals surface area contributed by atoms with Gasteiger partial charge >= 0.3 is 12.0 Å². The molecule has 0 bridgehead atoms. The van der Waals surface area contributed by atoms with E-state index < -0.39 is 12.1 Å². The summed E-state index contributed by atoms with van der Waals surface area (Å²) in [6.07, 6.45) is 1.71. The van der Waals surface area contributed by atoms with Gasteiger partial charge in [0, 0.05) is 12.6 Å². The van der Waals surface area contributed by atoms with Crippen LogP contribution in [-0.2, 0) is 4.79 Å². The summed E-state index contributed by atoms with van der Waals surface area (Å²) < 4.78 is 3.56. The fraction of sp³-hybridized carbons (Fsp3) is 0.421. The maximum Gasteiger partial charge on any atom is 0.421 e. The van der Waals surface area contributed by atoms with Crippen molar-refractivity contribution in [1.82, 2.24) is 19.6 Å². The molecular weight excluding hydrogens is 344 g/mol. The van der Waals surface area contributed by atoms with Gasteiger partial charge in [0.25, 0.3) is 5.91 Å². The van der Waals surface area contributed by atoms with Crippen molar-refractivity contribution >= 4 is 23.7 Å². The molecule has 0 N–H and O–H groups in total. The number of imide groups is 1.